The number of sulfone groups is 1. The number of nitrogens with one attached hydrogen (secondary N) is 1. The Morgan fingerprint density at radius 2 is 2.07 bits per heavy atom. The van der Waals surface area contributed by atoms with Crippen molar-refractivity contribution in [1.82, 2.24) is 5.32 Å². The third-order valence-corrected chi connectivity index (χ3v) is 3.82. The van der Waals surface area contributed by atoms with Gasteiger partial charge in [-0.05, 0) is 24.7 Å². The normalized spacial score (nSPS) is 26.6. The molecule has 1 rings (SSSR count). The number of hydrogen-bond donors (Lipinski definition) is 1. The molecule has 14 heavy (non-hydrogen) atoms. The first-order valence-electron chi connectivity index (χ1n) is 5.20. The van der Waals surface area contributed by atoms with Gasteiger partial charge in [-0.15, -0.1) is 0 Å². The molecule has 1 saturated carbocycles. The highest BCUT2D eigenvalue weighted by molar-refractivity contribution is 7.90. The lowest BCUT2D eigenvalue weighted by Gasteiger charge is -2.17. The van der Waals surface area contributed by atoms with E-state index < -0.39 is 9.84 Å². The zero-order valence-electron chi connectivity index (χ0n) is 9.34. The summed E-state index contributed by atoms with van der Waals surface area (Å²) in [5, 5.41) is 3.31. The van der Waals surface area contributed by atoms with Gasteiger partial charge in [0, 0.05) is 18.8 Å². The second-order valence-corrected chi connectivity index (χ2v) is 7.45. The molecule has 1 aliphatic rings. The van der Waals surface area contributed by atoms with Crippen LogP contribution in [0.3, 0.4) is 0 Å². The number of rotatable bonds is 4. The molecule has 0 aromatic heterocycles. The molecule has 0 aliphatic heterocycles. The van der Waals surface area contributed by atoms with Gasteiger partial charge in [0.05, 0.1) is 5.75 Å². The van der Waals surface area contributed by atoms with Crippen LogP contribution in [0, 0.1) is 5.41 Å². The standard InChI is InChI=1S/C10H21NO2S/c1-10(2)5-4-9(8-10)11-6-7-14(3,12)13/h9,11H,4-8H2,1-3H3. The van der Waals surface area contributed by atoms with E-state index in [0.29, 0.717) is 18.0 Å². The summed E-state index contributed by atoms with van der Waals surface area (Å²) in [6.45, 7) is 5.13. The molecule has 1 aliphatic carbocycles. The van der Waals surface area contributed by atoms with Crippen LogP contribution in [0.15, 0.2) is 0 Å². The lowest BCUT2D eigenvalue weighted by molar-refractivity contribution is 0.366. The summed E-state index contributed by atoms with van der Waals surface area (Å²) in [6, 6.07) is 0.520. The number of hydrogen-bond acceptors (Lipinski definition) is 3. The van der Waals surface area contributed by atoms with E-state index in [4.69, 9.17) is 0 Å². The van der Waals surface area contributed by atoms with Crippen LogP contribution in [-0.4, -0.2) is 33.0 Å². The van der Waals surface area contributed by atoms with Crippen LogP contribution in [0.2, 0.25) is 0 Å². The van der Waals surface area contributed by atoms with Gasteiger partial charge in [-0.25, -0.2) is 8.42 Å². The van der Waals surface area contributed by atoms with Crippen molar-refractivity contribution in [3.63, 3.8) is 0 Å². The monoisotopic (exact) mass is 219 g/mol. The molecule has 0 bridgehead atoms. The quantitative estimate of drug-likeness (QED) is 0.773. The Morgan fingerprint density at radius 1 is 1.43 bits per heavy atom. The Hall–Kier alpha value is -0.0900. The first-order valence-corrected chi connectivity index (χ1v) is 7.26. The van der Waals surface area contributed by atoms with Crippen LogP contribution in [0.25, 0.3) is 0 Å². The molecule has 1 N–H and O–H groups in total. The van der Waals surface area contributed by atoms with Crippen LogP contribution < -0.4 is 5.32 Å². The molecule has 1 atom stereocenters. The van der Waals surface area contributed by atoms with Crippen molar-refractivity contribution in [2.75, 3.05) is 18.6 Å². The molecule has 0 aromatic rings. The van der Waals surface area contributed by atoms with Gasteiger partial charge in [0.1, 0.15) is 9.84 Å². The summed E-state index contributed by atoms with van der Waals surface area (Å²) in [6.07, 6.45) is 4.87. The average Bonchev–Trinajstić information content (AvgIpc) is 2.27. The van der Waals surface area contributed by atoms with E-state index in [-0.39, 0.29) is 5.75 Å². The Morgan fingerprint density at radius 3 is 2.50 bits per heavy atom. The molecule has 84 valence electrons. The SMILES string of the molecule is CC1(C)CCC(NCCS(C)(=O)=O)C1. The molecule has 0 radical (unpaired) electrons. The summed E-state index contributed by atoms with van der Waals surface area (Å²) in [5.41, 5.74) is 0.433. The topological polar surface area (TPSA) is 46.2 Å². The third-order valence-electron chi connectivity index (χ3n) is 2.87. The van der Waals surface area contributed by atoms with Crippen molar-refractivity contribution in [3.8, 4) is 0 Å². The summed E-state index contributed by atoms with van der Waals surface area (Å²) >= 11 is 0. The van der Waals surface area contributed by atoms with Crippen molar-refractivity contribution in [1.29, 1.82) is 0 Å². The summed E-state index contributed by atoms with van der Waals surface area (Å²) in [5.74, 6) is 0.254. The Bertz CT molecular complexity index is 282. The molecule has 1 fully saturated rings. The third kappa shape index (κ3) is 4.42. The second-order valence-electron chi connectivity index (χ2n) is 5.19. The van der Waals surface area contributed by atoms with Crippen LogP contribution in [0.1, 0.15) is 33.1 Å². The highest BCUT2D eigenvalue weighted by Gasteiger charge is 2.30. The van der Waals surface area contributed by atoms with Crippen molar-refractivity contribution >= 4 is 9.84 Å². The zero-order valence-corrected chi connectivity index (χ0v) is 10.2. The van der Waals surface area contributed by atoms with Gasteiger partial charge in [-0.3, -0.25) is 0 Å². The Balaban J connectivity index is 2.22. The van der Waals surface area contributed by atoms with Gasteiger partial charge >= 0.3 is 0 Å². The largest absolute Gasteiger partial charge is 0.313 e. The van der Waals surface area contributed by atoms with Crippen molar-refractivity contribution in [2.24, 2.45) is 5.41 Å². The maximum Gasteiger partial charge on any atom is 0.148 e. The fraction of sp³-hybridized carbons (Fsp3) is 1.00. The van der Waals surface area contributed by atoms with E-state index >= 15 is 0 Å². The molecule has 3 nitrogen and oxygen atoms in total. The highest BCUT2D eigenvalue weighted by Crippen LogP contribution is 2.36. The molecule has 0 heterocycles. The van der Waals surface area contributed by atoms with Gasteiger partial charge in [0.15, 0.2) is 0 Å². The van der Waals surface area contributed by atoms with E-state index in [1.54, 1.807) is 0 Å². The van der Waals surface area contributed by atoms with Gasteiger partial charge in [0.25, 0.3) is 0 Å². The molecular formula is C10H21NO2S. The fourth-order valence-corrected chi connectivity index (χ4v) is 2.55. The first kappa shape index (κ1) is 12.0. The van der Waals surface area contributed by atoms with E-state index in [1.165, 1.54) is 19.1 Å². The Kier molecular flexibility index (Phi) is 3.58. The molecular weight excluding hydrogens is 198 g/mol. The predicted octanol–water partition coefficient (Wildman–Crippen LogP) is 1.20. The summed E-state index contributed by atoms with van der Waals surface area (Å²) in [4.78, 5) is 0. The minimum absolute atomic E-state index is 0.254. The van der Waals surface area contributed by atoms with Crippen molar-refractivity contribution in [2.45, 2.75) is 39.2 Å². The van der Waals surface area contributed by atoms with Crippen LogP contribution in [0.4, 0.5) is 0 Å². The average molecular weight is 219 g/mol. The molecule has 0 spiro atoms. The molecule has 4 heteroatoms. The van der Waals surface area contributed by atoms with Crippen molar-refractivity contribution in [3.05, 3.63) is 0 Å². The van der Waals surface area contributed by atoms with Crippen LogP contribution >= 0.6 is 0 Å². The lowest BCUT2D eigenvalue weighted by atomic mass is 9.92. The second kappa shape index (κ2) is 4.19. The van der Waals surface area contributed by atoms with Crippen LogP contribution in [0.5, 0.6) is 0 Å². The Labute approximate surface area is 87.2 Å². The van der Waals surface area contributed by atoms with Crippen LogP contribution in [-0.2, 0) is 9.84 Å². The predicted molar refractivity (Wildman–Crippen MR) is 59.1 cm³/mol. The molecule has 0 saturated heterocycles. The van der Waals surface area contributed by atoms with E-state index in [9.17, 15) is 8.42 Å². The maximum atomic E-state index is 10.9. The highest BCUT2D eigenvalue weighted by atomic mass is 32.2. The zero-order chi connectivity index (χ0) is 10.8. The first-order chi connectivity index (χ1) is 6.29. The minimum atomic E-state index is -2.81. The maximum absolute atomic E-state index is 10.9. The summed E-state index contributed by atoms with van der Waals surface area (Å²) in [7, 11) is -2.81. The smallest absolute Gasteiger partial charge is 0.148 e. The minimum Gasteiger partial charge on any atom is -0.313 e. The van der Waals surface area contributed by atoms with E-state index in [0.717, 1.165) is 6.42 Å². The van der Waals surface area contributed by atoms with Crippen molar-refractivity contribution < 1.29 is 8.42 Å². The lowest BCUT2D eigenvalue weighted by Crippen LogP contribution is -2.31. The van der Waals surface area contributed by atoms with Gasteiger partial charge in [-0.2, -0.15) is 0 Å². The van der Waals surface area contributed by atoms with E-state index in [2.05, 4.69) is 19.2 Å². The van der Waals surface area contributed by atoms with E-state index in [1.807, 2.05) is 0 Å². The molecule has 0 aromatic carbocycles. The molecule has 0 amide bonds. The van der Waals surface area contributed by atoms with Gasteiger partial charge < -0.3 is 5.32 Å². The van der Waals surface area contributed by atoms with Gasteiger partial charge in [0.2, 0.25) is 0 Å². The summed E-state index contributed by atoms with van der Waals surface area (Å²) < 4.78 is 21.8. The molecule has 1 unspecified atom stereocenters. The van der Waals surface area contributed by atoms with Gasteiger partial charge in [-0.1, -0.05) is 13.8 Å². The fourth-order valence-electron chi connectivity index (χ4n) is 2.06.